The number of hydrogen-bond acceptors (Lipinski definition) is 9. The summed E-state index contributed by atoms with van der Waals surface area (Å²) in [6.07, 6.45) is 3.13. The van der Waals surface area contributed by atoms with Crippen LogP contribution < -0.4 is 26.4 Å². The van der Waals surface area contributed by atoms with Crippen LogP contribution in [-0.4, -0.2) is 50.6 Å². The minimum absolute atomic E-state index is 0.135. The molecular weight excluding hydrogens is 437 g/mol. The number of rotatable bonds is 5. The molecule has 1 saturated carbocycles. The van der Waals surface area contributed by atoms with Crippen molar-refractivity contribution in [1.82, 2.24) is 24.9 Å². The molecule has 2 aliphatic rings. The van der Waals surface area contributed by atoms with E-state index in [9.17, 15) is 4.39 Å². The predicted molar refractivity (Wildman–Crippen MR) is 127 cm³/mol. The summed E-state index contributed by atoms with van der Waals surface area (Å²) in [6, 6.07) is 3.06. The van der Waals surface area contributed by atoms with E-state index in [0.29, 0.717) is 58.3 Å². The maximum absolute atomic E-state index is 14.5. The van der Waals surface area contributed by atoms with Gasteiger partial charge in [-0.05, 0) is 19.1 Å². The number of nitrogens with two attached hydrogens (primary N) is 2. The molecule has 6 N–H and O–H groups in total. The molecule has 0 spiro atoms. The van der Waals surface area contributed by atoms with Crippen LogP contribution in [0.25, 0.3) is 21.9 Å². The number of piperidine rings is 1. The molecule has 2 atom stereocenters. The zero-order valence-corrected chi connectivity index (χ0v) is 18.8. The first-order valence-electron chi connectivity index (χ1n) is 11.0. The first kappa shape index (κ1) is 20.6. The molecule has 4 heterocycles. The smallest absolute Gasteiger partial charge is 0.326 e. The lowest BCUT2D eigenvalue weighted by Gasteiger charge is -2.25. The van der Waals surface area contributed by atoms with Gasteiger partial charge in [0.25, 0.3) is 0 Å². The van der Waals surface area contributed by atoms with E-state index in [1.54, 1.807) is 26.4 Å². The average molecular weight is 462 g/mol. The maximum atomic E-state index is 14.5. The number of nitrogens with zero attached hydrogens (tertiary/aromatic N) is 5. The Balaban J connectivity index is 1.49. The number of aryl methyl sites for hydroxylation is 1. The maximum Gasteiger partial charge on any atom is 0.326 e. The second-order valence-electron chi connectivity index (χ2n) is 8.95. The Kier molecular flexibility index (Phi) is 4.24. The lowest BCUT2D eigenvalue weighted by molar-refractivity contribution is 0.439. The standard InChI is InChI=1S/C23H24FN9O/c1-10(25)23(26)15-8-33(9-16(15)23)21-18-14-4-12(24)5-17(27-3)19(14)30-20(18)31-22(32-21)34-13-6-28-11(2)29-7-13/h4-7,15-16,27H,1,8-9,25-26H2,2-3H3,(H,30,31,32). The first-order valence-corrected chi connectivity index (χ1v) is 11.0. The van der Waals surface area contributed by atoms with E-state index in [1.807, 2.05) is 0 Å². The molecule has 0 bridgehead atoms. The highest BCUT2D eigenvalue weighted by Gasteiger charge is 2.67. The molecule has 2 fully saturated rings. The summed E-state index contributed by atoms with van der Waals surface area (Å²) in [5.41, 5.74) is 14.3. The fourth-order valence-electron chi connectivity index (χ4n) is 5.15. The molecule has 0 amide bonds. The van der Waals surface area contributed by atoms with Gasteiger partial charge in [0, 0.05) is 43.1 Å². The summed E-state index contributed by atoms with van der Waals surface area (Å²) in [7, 11) is 1.74. The summed E-state index contributed by atoms with van der Waals surface area (Å²) in [6.45, 7) is 6.96. The quantitative estimate of drug-likeness (QED) is 0.352. The fraction of sp³-hybridized carbons (Fsp3) is 0.304. The molecule has 174 valence electrons. The summed E-state index contributed by atoms with van der Waals surface area (Å²) in [5, 5.41) is 4.44. The van der Waals surface area contributed by atoms with Gasteiger partial charge in [-0.15, -0.1) is 0 Å². The van der Waals surface area contributed by atoms with Crippen LogP contribution in [0.15, 0.2) is 36.8 Å². The molecule has 0 radical (unpaired) electrons. The molecule has 4 aromatic rings. The number of halogens is 1. The van der Waals surface area contributed by atoms with Crippen molar-refractivity contribution in [3.05, 3.63) is 48.4 Å². The zero-order valence-electron chi connectivity index (χ0n) is 18.8. The topological polar surface area (TPSA) is 144 Å². The highest BCUT2D eigenvalue weighted by Crippen LogP contribution is 2.57. The fourth-order valence-corrected chi connectivity index (χ4v) is 5.15. The van der Waals surface area contributed by atoms with E-state index < -0.39 is 5.54 Å². The van der Waals surface area contributed by atoms with Crippen molar-refractivity contribution in [2.75, 3.05) is 30.4 Å². The Morgan fingerprint density at radius 3 is 2.62 bits per heavy atom. The van der Waals surface area contributed by atoms with Crippen LogP contribution in [0.1, 0.15) is 5.82 Å². The average Bonchev–Trinajstić information content (AvgIpc) is 3.14. The molecule has 1 aliphatic heterocycles. The molecule has 11 heteroatoms. The molecule has 1 saturated heterocycles. The van der Waals surface area contributed by atoms with E-state index in [0.717, 1.165) is 5.52 Å². The minimum atomic E-state index is -0.549. The first-order chi connectivity index (χ1) is 16.3. The summed E-state index contributed by atoms with van der Waals surface area (Å²) in [4.78, 5) is 23.1. The molecule has 1 aliphatic carbocycles. The number of nitrogens with one attached hydrogen (secondary N) is 2. The van der Waals surface area contributed by atoms with Crippen LogP contribution in [0.5, 0.6) is 11.8 Å². The third kappa shape index (κ3) is 2.90. The lowest BCUT2D eigenvalue weighted by atomic mass is 10.1. The number of ether oxygens (including phenoxy) is 1. The van der Waals surface area contributed by atoms with Gasteiger partial charge in [-0.2, -0.15) is 9.97 Å². The van der Waals surface area contributed by atoms with Gasteiger partial charge in [-0.3, -0.25) is 0 Å². The van der Waals surface area contributed by atoms with Gasteiger partial charge >= 0.3 is 6.01 Å². The summed E-state index contributed by atoms with van der Waals surface area (Å²) >= 11 is 0. The number of hydrogen-bond donors (Lipinski definition) is 4. The second kappa shape index (κ2) is 7.00. The van der Waals surface area contributed by atoms with Crippen molar-refractivity contribution in [3.8, 4) is 11.8 Å². The van der Waals surface area contributed by atoms with Crippen LogP contribution in [0.2, 0.25) is 0 Å². The van der Waals surface area contributed by atoms with Crippen molar-refractivity contribution in [2.45, 2.75) is 12.5 Å². The van der Waals surface area contributed by atoms with Crippen molar-refractivity contribution in [2.24, 2.45) is 23.3 Å². The minimum Gasteiger partial charge on any atom is -0.421 e. The zero-order chi connectivity index (χ0) is 23.8. The van der Waals surface area contributed by atoms with E-state index >= 15 is 0 Å². The van der Waals surface area contributed by atoms with Crippen LogP contribution in [0, 0.1) is 24.6 Å². The Bertz CT molecular complexity index is 1450. The lowest BCUT2D eigenvalue weighted by Crippen LogP contribution is -2.41. The van der Waals surface area contributed by atoms with Gasteiger partial charge in [0.05, 0.1) is 34.5 Å². The highest BCUT2D eigenvalue weighted by molar-refractivity contribution is 6.14. The normalized spacial score (nSPS) is 23.4. The summed E-state index contributed by atoms with van der Waals surface area (Å²) < 4.78 is 20.4. The van der Waals surface area contributed by atoms with Gasteiger partial charge in [0.2, 0.25) is 0 Å². The molecule has 1 aromatic carbocycles. The van der Waals surface area contributed by atoms with Crippen molar-refractivity contribution in [3.63, 3.8) is 0 Å². The second-order valence-corrected chi connectivity index (χ2v) is 8.95. The number of fused-ring (bicyclic) bond motifs is 4. The SMILES string of the molecule is C=C(N)C1(N)C2CN(c3nc(Oc4cnc(C)nc4)nc4[nH]c5c(NC)cc(F)cc5c34)CC21. The summed E-state index contributed by atoms with van der Waals surface area (Å²) in [5.74, 6) is 1.69. The van der Waals surface area contributed by atoms with Gasteiger partial charge < -0.3 is 31.4 Å². The monoisotopic (exact) mass is 461 g/mol. The number of aromatic amines is 1. The Hall–Kier alpha value is -3.99. The largest absolute Gasteiger partial charge is 0.421 e. The Labute approximate surface area is 194 Å². The molecule has 2 unspecified atom stereocenters. The van der Waals surface area contributed by atoms with Gasteiger partial charge in [-0.25, -0.2) is 14.4 Å². The predicted octanol–water partition coefficient (Wildman–Crippen LogP) is 2.42. The van der Waals surface area contributed by atoms with E-state index in [1.165, 1.54) is 12.1 Å². The molecule has 3 aromatic heterocycles. The molecule has 10 nitrogen and oxygen atoms in total. The van der Waals surface area contributed by atoms with E-state index in [4.69, 9.17) is 21.2 Å². The van der Waals surface area contributed by atoms with Crippen LogP contribution >= 0.6 is 0 Å². The number of H-pyrrole nitrogens is 1. The number of anilines is 2. The van der Waals surface area contributed by atoms with Crippen LogP contribution in [0.3, 0.4) is 0 Å². The molecule has 34 heavy (non-hydrogen) atoms. The van der Waals surface area contributed by atoms with Gasteiger partial charge in [-0.1, -0.05) is 6.58 Å². The third-order valence-electron chi connectivity index (χ3n) is 7.01. The Morgan fingerprint density at radius 2 is 1.97 bits per heavy atom. The van der Waals surface area contributed by atoms with Gasteiger partial charge in [0.15, 0.2) is 5.75 Å². The van der Waals surface area contributed by atoms with Crippen LogP contribution in [-0.2, 0) is 0 Å². The van der Waals surface area contributed by atoms with Crippen molar-refractivity contribution < 1.29 is 9.13 Å². The van der Waals surface area contributed by atoms with E-state index in [2.05, 4.69) is 36.7 Å². The highest BCUT2D eigenvalue weighted by atomic mass is 19.1. The van der Waals surface area contributed by atoms with Crippen molar-refractivity contribution >= 4 is 33.4 Å². The third-order valence-corrected chi connectivity index (χ3v) is 7.01. The van der Waals surface area contributed by atoms with Crippen LogP contribution in [0.4, 0.5) is 15.9 Å². The molecular formula is C23H24FN9O. The van der Waals surface area contributed by atoms with E-state index in [-0.39, 0.29) is 23.7 Å². The van der Waals surface area contributed by atoms with Gasteiger partial charge in [0.1, 0.15) is 23.1 Å². The Morgan fingerprint density at radius 1 is 1.26 bits per heavy atom. The molecule has 6 rings (SSSR count). The van der Waals surface area contributed by atoms with Crippen molar-refractivity contribution in [1.29, 1.82) is 0 Å². The number of aromatic nitrogens is 5. The number of benzene rings is 1.